The van der Waals surface area contributed by atoms with Gasteiger partial charge in [-0.25, -0.2) is 11.3 Å². The van der Waals surface area contributed by atoms with Crippen molar-refractivity contribution in [1.29, 1.82) is 0 Å². The van der Waals surface area contributed by atoms with E-state index in [9.17, 15) is 0 Å². The first-order chi connectivity index (χ1) is 4.11. The minimum absolute atomic E-state index is 0. The molecule has 1 aliphatic rings. The van der Waals surface area contributed by atoms with Gasteiger partial charge in [0.05, 0.1) is 0 Å². The Labute approximate surface area is 104 Å². The van der Waals surface area contributed by atoms with Gasteiger partial charge in [0.1, 0.15) is 0 Å². The minimum Gasteiger partial charge on any atom is -1.00 e. The summed E-state index contributed by atoms with van der Waals surface area (Å²) >= 11 is 0. The maximum atomic E-state index is 3.36. The van der Waals surface area contributed by atoms with Crippen molar-refractivity contribution in [3.63, 3.8) is 0 Å². The second-order valence-electron chi connectivity index (χ2n) is 3.45. The first kappa shape index (κ1) is 18.7. The molecule has 0 N–H and O–H groups in total. The second-order valence-corrected chi connectivity index (χ2v) is 8.49. The van der Waals surface area contributed by atoms with E-state index >= 15 is 0 Å². The summed E-state index contributed by atoms with van der Waals surface area (Å²) < 4.78 is 0. The van der Waals surface area contributed by atoms with Gasteiger partial charge in [-0.3, -0.25) is 6.08 Å². The Morgan fingerprint density at radius 3 is 1.92 bits per heavy atom. The molecule has 1 radical (unpaired) electrons. The van der Waals surface area contributed by atoms with Crippen LogP contribution in [0.3, 0.4) is 0 Å². The van der Waals surface area contributed by atoms with E-state index in [-0.39, 0.29) is 46.5 Å². The summed E-state index contributed by atoms with van der Waals surface area (Å²) in [6, 6.07) is 0. The molecule has 0 aromatic heterocycles. The van der Waals surface area contributed by atoms with Crippen LogP contribution in [0, 0.1) is 6.08 Å². The van der Waals surface area contributed by atoms with Gasteiger partial charge in [0.2, 0.25) is 0 Å². The molecule has 0 aromatic rings. The molecule has 67 valence electrons. The van der Waals surface area contributed by atoms with Crippen LogP contribution < -0.4 is 24.8 Å². The summed E-state index contributed by atoms with van der Waals surface area (Å²) in [5.74, 6) is 0. The smallest absolute Gasteiger partial charge is 1.00 e. The van der Waals surface area contributed by atoms with Crippen molar-refractivity contribution in [2.75, 3.05) is 0 Å². The summed E-state index contributed by atoms with van der Waals surface area (Å²) in [5, 5.41) is 1.49. The van der Waals surface area contributed by atoms with E-state index in [0.29, 0.717) is 0 Å². The first-order valence-corrected chi connectivity index (χ1v) is 6.88. The van der Waals surface area contributed by atoms with Crippen molar-refractivity contribution in [1.82, 2.24) is 0 Å². The van der Waals surface area contributed by atoms with Crippen molar-refractivity contribution in [3.05, 3.63) is 23.4 Å². The summed E-state index contributed by atoms with van der Waals surface area (Å²) in [7, 11) is -1.01. The van der Waals surface area contributed by atoms with Crippen LogP contribution in [0.25, 0.3) is 0 Å². The fourth-order valence-corrected chi connectivity index (χ4v) is 2.17. The fourth-order valence-electron chi connectivity index (χ4n) is 0.920. The molecule has 1 rings (SSSR count). The van der Waals surface area contributed by atoms with Crippen LogP contribution in [0.5, 0.6) is 0 Å². The monoisotopic (exact) mass is 255 g/mol. The average molecular weight is 256 g/mol. The summed E-state index contributed by atoms with van der Waals surface area (Å²) in [6.45, 7) is 7.06. The number of hydrogen-bond donors (Lipinski definition) is 0. The molecular formula is C8H13Cl2SiTi. The maximum Gasteiger partial charge on any atom is 3.00 e. The van der Waals surface area contributed by atoms with Gasteiger partial charge in [-0.1, -0.05) is 19.6 Å². The minimum atomic E-state index is -1.01. The van der Waals surface area contributed by atoms with E-state index in [0.717, 1.165) is 6.42 Å². The van der Waals surface area contributed by atoms with Gasteiger partial charge in [0, 0.05) is 8.07 Å². The van der Waals surface area contributed by atoms with Gasteiger partial charge in [0.25, 0.3) is 0 Å². The molecule has 12 heavy (non-hydrogen) atoms. The topological polar surface area (TPSA) is 0 Å². The number of allylic oxidation sites excluding steroid dienone is 4. The van der Waals surface area contributed by atoms with Crippen LogP contribution in [0.4, 0.5) is 0 Å². The van der Waals surface area contributed by atoms with E-state index in [1.54, 1.807) is 0 Å². The summed E-state index contributed by atoms with van der Waals surface area (Å²) in [4.78, 5) is 0. The fraction of sp³-hybridized carbons (Fsp3) is 0.500. The number of hydrogen-bond acceptors (Lipinski definition) is 0. The van der Waals surface area contributed by atoms with Crippen LogP contribution in [0.1, 0.15) is 6.42 Å². The molecule has 0 unspecified atom stereocenters. The van der Waals surface area contributed by atoms with Crippen LogP contribution >= 0.6 is 0 Å². The Morgan fingerprint density at radius 2 is 1.75 bits per heavy atom. The first-order valence-electron chi connectivity index (χ1n) is 3.38. The van der Waals surface area contributed by atoms with E-state index in [1.165, 1.54) is 5.20 Å². The average Bonchev–Trinajstić information content (AvgIpc) is 2.08. The van der Waals surface area contributed by atoms with Crippen molar-refractivity contribution >= 4 is 8.07 Å². The van der Waals surface area contributed by atoms with Crippen molar-refractivity contribution in [3.8, 4) is 0 Å². The third-order valence-corrected chi connectivity index (χ3v) is 3.46. The zero-order valence-electron chi connectivity index (χ0n) is 7.62. The molecule has 0 bridgehead atoms. The van der Waals surface area contributed by atoms with Crippen molar-refractivity contribution < 1.29 is 46.5 Å². The van der Waals surface area contributed by atoms with Gasteiger partial charge in [-0.2, -0.15) is 6.08 Å². The van der Waals surface area contributed by atoms with E-state index in [1.807, 2.05) is 0 Å². The van der Waals surface area contributed by atoms with Crippen LogP contribution in [-0.4, -0.2) is 8.07 Å². The Bertz CT molecular complexity index is 170. The molecule has 0 heterocycles. The third kappa shape index (κ3) is 5.60. The molecule has 0 atom stereocenters. The van der Waals surface area contributed by atoms with Gasteiger partial charge in [0.15, 0.2) is 0 Å². The van der Waals surface area contributed by atoms with Gasteiger partial charge in [-0.05, 0) is 0 Å². The largest absolute Gasteiger partial charge is 3.00 e. The van der Waals surface area contributed by atoms with Gasteiger partial charge >= 0.3 is 21.7 Å². The summed E-state index contributed by atoms with van der Waals surface area (Å²) in [5.41, 5.74) is 0. The standard InChI is InChI=1S/C8H13Si.2ClH.Ti/c1-9(2,3)8-6-4-5-7-8;;;/h4,6H,5H2,1-3H3;2*1H;/q-1;;;+3/p-2. The predicted molar refractivity (Wildman–Crippen MR) is 43.9 cm³/mol. The van der Waals surface area contributed by atoms with Gasteiger partial charge in [-0.15, -0.1) is 6.42 Å². The molecule has 0 fully saturated rings. The third-order valence-electron chi connectivity index (χ3n) is 1.50. The number of rotatable bonds is 1. The molecule has 4 heteroatoms. The predicted octanol–water partition coefficient (Wildman–Crippen LogP) is -3.44. The Hall–Kier alpha value is 0.991. The molecule has 0 spiro atoms. The number of halogens is 2. The van der Waals surface area contributed by atoms with Crippen molar-refractivity contribution in [2.24, 2.45) is 0 Å². The molecular weight excluding hydrogens is 243 g/mol. The molecule has 0 nitrogen and oxygen atoms in total. The Balaban J connectivity index is -0.000000270. The molecule has 0 aliphatic heterocycles. The normalized spacial score (nSPS) is 13.8. The van der Waals surface area contributed by atoms with E-state index in [2.05, 4.69) is 37.9 Å². The quantitative estimate of drug-likeness (QED) is 0.338. The SMILES string of the molecule is C[Si](C)(C)C1=[C-]CC=C1.[Cl-].[Cl-].[Ti+3]. The van der Waals surface area contributed by atoms with Crippen molar-refractivity contribution in [2.45, 2.75) is 26.1 Å². The molecule has 0 aromatic carbocycles. The van der Waals surface area contributed by atoms with Gasteiger partial charge < -0.3 is 24.8 Å². The zero-order valence-corrected chi connectivity index (χ0v) is 11.7. The molecule has 1 aliphatic carbocycles. The van der Waals surface area contributed by atoms with E-state index < -0.39 is 8.07 Å². The second kappa shape index (κ2) is 7.40. The molecule has 0 saturated heterocycles. The van der Waals surface area contributed by atoms with Crippen LogP contribution in [0.15, 0.2) is 17.3 Å². The summed E-state index contributed by atoms with van der Waals surface area (Å²) in [6.07, 6.45) is 8.82. The molecule has 0 saturated carbocycles. The molecule has 0 amide bonds. The Morgan fingerprint density at radius 1 is 1.25 bits per heavy atom. The van der Waals surface area contributed by atoms with Crippen LogP contribution in [-0.2, 0) is 21.7 Å². The van der Waals surface area contributed by atoms with E-state index in [4.69, 9.17) is 0 Å². The Kier molecular flexibility index (Phi) is 11.5. The zero-order chi connectivity index (χ0) is 6.91. The maximum absolute atomic E-state index is 3.36. The van der Waals surface area contributed by atoms with Crippen LogP contribution in [0.2, 0.25) is 19.6 Å².